The number of likely N-dealkylation sites (N-methyl/N-ethyl adjacent to an activating group) is 1. The van der Waals surface area contributed by atoms with Crippen LogP contribution in [0.4, 0.5) is 0 Å². The number of nitrogens with one attached hydrogen (secondary N) is 1. The summed E-state index contributed by atoms with van der Waals surface area (Å²) in [5.74, 6) is 0.866. The molecule has 0 spiro atoms. The van der Waals surface area contributed by atoms with Crippen LogP contribution in [0, 0.1) is 0 Å². The Morgan fingerprint density at radius 2 is 0.833 bits per heavy atom. The van der Waals surface area contributed by atoms with Crippen molar-refractivity contribution in [2.45, 2.75) is 277 Å². The van der Waals surface area contributed by atoms with E-state index in [0.717, 1.165) is 50.7 Å². The number of carbonyl (C=O) groups excluding carboxylic acids is 1. The number of unbranched alkanes of at least 4 members (excludes halogenated alkanes) is 29. The standard InChI is InChI=1S/C52H107NO5SSi/c1-6-10-14-17-19-21-23-25-27-29-31-34-37-41-52(53-5,42-38-35-32-30-28-26-24-22-20-18-15-11-7-2)50-58-60(57-47-46-56-45-44-55-43-13-9-4)49-39-48-59-51(54)40-36-33-16-12-8-3/h53,60H,6-50H2,1-5H3. The van der Waals surface area contributed by atoms with Crippen molar-refractivity contribution in [3.05, 3.63) is 0 Å². The molecule has 8 heteroatoms. The van der Waals surface area contributed by atoms with E-state index in [1.807, 2.05) is 0 Å². The Bertz CT molecular complexity index is 808. The molecule has 0 aliphatic carbocycles. The van der Waals surface area contributed by atoms with Gasteiger partial charge in [0.2, 0.25) is 0 Å². The van der Waals surface area contributed by atoms with Crippen LogP contribution in [0.2, 0.25) is 6.04 Å². The molecular weight excluding hydrogens is 779 g/mol. The molecule has 6 nitrogen and oxygen atoms in total. The predicted molar refractivity (Wildman–Crippen MR) is 268 cm³/mol. The van der Waals surface area contributed by atoms with Crippen LogP contribution in [-0.2, 0) is 23.1 Å². The fraction of sp³-hybridized carbons (Fsp3) is 0.981. The highest BCUT2D eigenvalue weighted by atomic mass is 32.2. The van der Waals surface area contributed by atoms with Gasteiger partial charge < -0.3 is 23.6 Å². The molecule has 0 bridgehead atoms. The summed E-state index contributed by atoms with van der Waals surface area (Å²) in [7, 11) is 0.226. The quantitative estimate of drug-likeness (QED) is 0.0482. The van der Waals surface area contributed by atoms with Crippen molar-refractivity contribution in [3.63, 3.8) is 0 Å². The maximum absolute atomic E-state index is 12.6. The molecular formula is C52H107NO5SSi. The highest BCUT2D eigenvalue weighted by Gasteiger charge is 2.29. The van der Waals surface area contributed by atoms with Gasteiger partial charge >= 0.3 is 9.28 Å². The Kier molecular flexibility index (Phi) is 50.1. The zero-order chi connectivity index (χ0) is 43.7. The summed E-state index contributed by atoms with van der Waals surface area (Å²) in [4.78, 5) is 12.6. The lowest BCUT2D eigenvalue weighted by molar-refractivity contribution is -0.111. The molecule has 0 aromatic heterocycles. The second-order valence-electron chi connectivity index (χ2n) is 18.2. The average molecular weight is 887 g/mol. The summed E-state index contributed by atoms with van der Waals surface area (Å²) in [5.41, 5.74) is -0.00101. The van der Waals surface area contributed by atoms with Crippen molar-refractivity contribution in [2.75, 3.05) is 52.4 Å². The number of hydrogen-bond acceptors (Lipinski definition) is 7. The summed E-state index contributed by atoms with van der Waals surface area (Å²) in [5, 5.41) is 4.18. The summed E-state index contributed by atoms with van der Waals surface area (Å²) < 4.78 is 24.9. The highest BCUT2D eigenvalue weighted by Crippen LogP contribution is 2.26. The lowest BCUT2D eigenvalue weighted by Gasteiger charge is -2.35. The van der Waals surface area contributed by atoms with Gasteiger partial charge in [0.25, 0.3) is 0 Å². The van der Waals surface area contributed by atoms with Crippen LogP contribution in [0.15, 0.2) is 0 Å². The van der Waals surface area contributed by atoms with Gasteiger partial charge in [0.1, 0.15) is 0 Å². The predicted octanol–water partition coefficient (Wildman–Crippen LogP) is 16.0. The molecule has 0 aromatic carbocycles. The minimum absolute atomic E-state index is 0.00101. The highest BCUT2D eigenvalue weighted by molar-refractivity contribution is 8.13. The summed E-state index contributed by atoms with van der Waals surface area (Å²) in [6.45, 7) is 13.0. The maximum atomic E-state index is 12.6. The van der Waals surface area contributed by atoms with Crippen LogP contribution in [0.5, 0.6) is 0 Å². The van der Waals surface area contributed by atoms with Crippen LogP contribution in [-0.4, -0.2) is 72.4 Å². The van der Waals surface area contributed by atoms with Crippen molar-refractivity contribution in [2.24, 2.45) is 0 Å². The summed E-state index contributed by atoms with van der Waals surface area (Å²) in [6, 6.07) is 0.939. The van der Waals surface area contributed by atoms with Crippen molar-refractivity contribution >= 4 is 26.2 Å². The second-order valence-corrected chi connectivity index (χ2v) is 21.5. The normalized spacial score (nSPS) is 12.5. The Balaban J connectivity index is 5.07. The first-order valence-electron chi connectivity index (χ1n) is 26.8. The third kappa shape index (κ3) is 43.3. The molecule has 0 aromatic rings. The molecule has 360 valence electrons. The van der Waals surface area contributed by atoms with Gasteiger partial charge in [0, 0.05) is 24.3 Å². The van der Waals surface area contributed by atoms with Gasteiger partial charge in [0.15, 0.2) is 5.12 Å². The van der Waals surface area contributed by atoms with Gasteiger partial charge in [0.05, 0.1) is 33.0 Å². The van der Waals surface area contributed by atoms with Gasteiger partial charge in [-0.15, -0.1) is 0 Å². The first-order valence-corrected chi connectivity index (χ1v) is 29.5. The molecule has 1 atom stereocenters. The van der Waals surface area contributed by atoms with E-state index in [9.17, 15) is 4.79 Å². The van der Waals surface area contributed by atoms with Crippen LogP contribution in [0.3, 0.4) is 0 Å². The van der Waals surface area contributed by atoms with E-state index < -0.39 is 9.28 Å². The number of ether oxygens (including phenoxy) is 2. The van der Waals surface area contributed by atoms with Gasteiger partial charge in [-0.2, -0.15) is 0 Å². The molecule has 0 aliphatic heterocycles. The maximum Gasteiger partial charge on any atom is 0.321 e. The molecule has 0 aliphatic rings. The Morgan fingerprint density at radius 1 is 0.450 bits per heavy atom. The minimum atomic E-state index is -1.95. The number of rotatable bonds is 52. The Morgan fingerprint density at radius 3 is 1.27 bits per heavy atom. The lowest BCUT2D eigenvalue weighted by atomic mass is 9.87. The zero-order valence-electron chi connectivity index (χ0n) is 41.3. The summed E-state index contributed by atoms with van der Waals surface area (Å²) >= 11 is 1.53. The van der Waals surface area contributed by atoms with Crippen LogP contribution >= 0.6 is 11.8 Å². The number of hydrogen-bond donors (Lipinski definition) is 1. The fourth-order valence-corrected chi connectivity index (χ4v) is 11.2. The van der Waals surface area contributed by atoms with Crippen molar-refractivity contribution in [3.8, 4) is 0 Å². The van der Waals surface area contributed by atoms with Gasteiger partial charge in [-0.1, -0.05) is 239 Å². The van der Waals surface area contributed by atoms with Gasteiger partial charge in [-0.05, 0) is 45.2 Å². The summed E-state index contributed by atoms with van der Waals surface area (Å²) in [6.07, 6.45) is 48.3. The average Bonchev–Trinajstić information content (AvgIpc) is 3.26. The molecule has 0 fully saturated rings. The van der Waals surface area contributed by atoms with Crippen molar-refractivity contribution in [1.82, 2.24) is 5.32 Å². The van der Waals surface area contributed by atoms with Crippen molar-refractivity contribution < 1.29 is 23.1 Å². The number of carbonyl (C=O) groups is 1. The molecule has 0 saturated carbocycles. The zero-order valence-corrected chi connectivity index (χ0v) is 43.3. The molecule has 0 amide bonds. The van der Waals surface area contributed by atoms with Crippen LogP contribution in [0.1, 0.15) is 265 Å². The van der Waals surface area contributed by atoms with E-state index in [0.29, 0.717) is 38.0 Å². The van der Waals surface area contributed by atoms with Crippen molar-refractivity contribution in [1.29, 1.82) is 0 Å². The molecule has 1 unspecified atom stereocenters. The van der Waals surface area contributed by atoms with E-state index in [1.54, 1.807) is 0 Å². The smallest absolute Gasteiger partial charge is 0.321 e. The minimum Gasteiger partial charge on any atom is -0.395 e. The molecule has 1 N–H and O–H groups in total. The molecule has 0 rings (SSSR count). The third-order valence-electron chi connectivity index (χ3n) is 12.5. The molecule has 0 heterocycles. The first kappa shape index (κ1) is 60.0. The third-order valence-corrected chi connectivity index (χ3v) is 15.5. The Hall–Kier alpha value is 0.0369. The molecule has 0 saturated heterocycles. The second kappa shape index (κ2) is 50.0. The van der Waals surface area contributed by atoms with E-state index in [4.69, 9.17) is 18.3 Å². The van der Waals surface area contributed by atoms with E-state index in [2.05, 4.69) is 40.1 Å². The molecule has 60 heavy (non-hydrogen) atoms. The largest absolute Gasteiger partial charge is 0.395 e. The van der Waals surface area contributed by atoms with E-state index >= 15 is 0 Å². The fourth-order valence-electron chi connectivity index (χ4n) is 8.21. The molecule has 0 radical (unpaired) electrons. The van der Waals surface area contributed by atoms with Crippen LogP contribution in [0.25, 0.3) is 0 Å². The van der Waals surface area contributed by atoms with Gasteiger partial charge in [-0.3, -0.25) is 4.79 Å². The van der Waals surface area contributed by atoms with E-state index in [-0.39, 0.29) is 5.54 Å². The SMILES string of the molecule is CCCCCCCCCCCCCCCC(CCCCCCCCCCCCCCC)(CO[SiH](CCCSC(=O)CCCCCCC)OCCOCCOCCCC)NC. The Labute approximate surface area is 382 Å². The van der Waals surface area contributed by atoms with E-state index in [1.165, 1.54) is 217 Å². The van der Waals surface area contributed by atoms with Crippen LogP contribution < -0.4 is 5.32 Å². The number of thioether (sulfide) groups is 1. The lowest BCUT2D eigenvalue weighted by Crippen LogP contribution is -2.49. The topological polar surface area (TPSA) is 66.0 Å². The monoisotopic (exact) mass is 886 g/mol. The first-order chi connectivity index (χ1) is 29.6. The van der Waals surface area contributed by atoms with Gasteiger partial charge in [-0.25, -0.2) is 0 Å².